The van der Waals surface area contributed by atoms with E-state index in [-0.39, 0.29) is 17.4 Å². The van der Waals surface area contributed by atoms with Crippen LogP contribution < -0.4 is 10.3 Å². The second-order valence-corrected chi connectivity index (χ2v) is 8.31. The zero-order valence-corrected chi connectivity index (χ0v) is 17.7. The summed E-state index contributed by atoms with van der Waals surface area (Å²) in [5, 5.41) is 0.492. The Hall–Kier alpha value is -2.77. The molecular formula is C23H24N2O4S. The monoisotopic (exact) mass is 424 g/mol. The Balaban J connectivity index is 1.44. The molecule has 156 valence electrons. The summed E-state index contributed by atoms with van der Waals surface area (Å²) in [6.45, 7) is 3.02. The number of Topliss-reactive ketones (excluding diaryl/α,β-unsaturated/α-hetero) is 1. The maximum atomic E-state index is 12.7. The highest BCUT2D eigenvalue weighted by Crippen LogP contribution is 2.23. The molecule has 1 aliphatic rings. The number of nitrogens with zero attached hydrogens (tertiary/aromatic N) is 2. The fourth-order valence-corrected chi connectivity index (χ4v) is 4.46. The SMILES string of the molecule is Cc1nc(-n2ccc(OCC3CCCO3)cc2=O)sc1C(=O)CCc1ccccc1. The fraction of sp³-hybridized carbons (Fsp3) is 0.348. The van der Waals surface area contributed by atoms with E-state index in [1.54, 1.807) is 19.2 Å². The molecule has 0 aliphatic carbocycles. The molecule has 0 radical (unpaired) electrons. The lowest BCUT2D eigenvalue weighted by Crippen LogP contribution is -2.19. The summed E-state index contributed by atoms with van der Waals surface area (Å²) >= 11 is 1.25. The van der Waals surface area contributed by atoms with Gasteiger partial charge < -0.3 is 9.47 Å². The van der Waals surface area contributed by atoms with Crippen LogP contribution in [0.25, 0.3) is 5.13 Å². The summed E-state index contributed by atoms with van der Waals surface area (Å²) in [5.74, 6) is 0.559. The second kappa shape index (κ2) is 9.36. The molecule has 7 heteroatoms. The van der Waals surface area contributed by atoms with Crippen LogP contribution in [-0.2, 0) is 11.2 Å². The van der Waals surface area contributed by atoms with Gasteiger partial charge in [-0.25, -0.2) is 4.98 Å². The molecule has 2 aromatic heterocycles. The number of ether oxygens (including phenoxy) is 2. The van der Waals surface area contributed by atoms with Crippen molar-refractivity contribution in [1.29, 1.82) is 0 Å². The first kappa shape index (κ1) is 20.5. The van der Waals surface area contributed by atoms with E-state index < -0.39 is 0 Å². The number of pyridine rings is 1. The van der Waals surface area contributed by atoms with Gasteiger partial charge in [0.25, 0.3) is 5.56 Å². The summed E-state index contributed by atoms with van der Waals surface area (Å²) < 4.78 is 12.7. The Kier molecular flexibility index (Phi) is 6.40. The molecule has 0 amide bonds. The Bertz CT molecular complexity index is 1070. The first-order valence-corrected chi connectivity index (χ1v) is 10.9. The van der Waals surface area contributed by atoms with Gasteiger partial charge in [0.05, 0.1) is 16.7 Å². The molecule has 1 aliphatic heterocycles. The van der Waals surface area contributed by atoms with Crippen LogP contribution in [0.15, 0.2) is 53.5 Å². The number of rotatable bonds is 8. The molecule has 3 heterocycles. The van der Waals surface area contributed by atoms with Crippen LogP contribution in [0.4, 0.5) is 0 Å². The summed E-state index contributed by atoms with van der Waals surface area (Å²) in [6.07, 6.45) is 4.87. The summed E-state index contributed by atoms with van der Waals surface area (Å²) in [6, 6.07) is 13.1. The lowest BCUT2D eigenvalue weighted by Gasteiger charge is -2.11. The Labute approximate surface area is 179 Å². The van der Waals surface area contributed by atoms with Gasteiger partial charge in [0.1, 0.15) is 12.4 Å². The van der Waals surface area contributed by atoms with Crippen molar-refractivity contribution in [2.24, 2.45) is 0 Å². The number of aromatic nitrogens is 2. The first-order chi connectivity index (χ1) is 14.6. The number of ketones is 1. The van der Waals surface area contributed by atoms with Gasteiger partial charge >= 0.3 is 0 Å². The van der Waals surface area contributed by atoms with Crippen LogP contribution in [0, 0.1) is 6.92 Å². The zero-order chi connectivity index (χ0) is 20.9. The number of hydrogen-bond acceptors (Lipinski definition) is 6. The Morgan fingerprint density at radius 2 is 2.13 bits per heavy atom. The molecule has 0 N–H and O–H groups in total. The van der Waals surface area contributed by atoms with Crippen molar-refractivity contribution in [3.8, 4) is 10.9 Å². The summed E-state index contributed by atoms with van der Waals surface area (Å²) in [7, 11) is 0. The van der Waals surface area contributed by atoms with Crippen LogP contribution in [0.5, 0.6) is 5.75 Å². The van der Waals surface area contributed by atoms with Crippen molar-refractivity contribution in [2.75, 3.05) is 13.2 Å². The predicted octanol–water partition coefficient (Wildman–Crippen LogP) is 3.98. The largest absolute Gasteiger partial charge is 0.491 e. The van der Waals surface area contributed by atoms with Gasteiger partial charge in [-0.15, -0.1) is 0 Å². The lowest BCUT2D eigenvalue weighted by atomic mass is 10.1. The smallest absolute Gasteiger partial charge is 0.260 e. The van der Waals surface area contributed by atoms with Crippen LogP contribution in [0.2, 0.25) is 0 Å². The maximum absolute atomic E-state index is 12.7. The van der Waals surface area contributed by atoms with Gasteiger partial charge in [-0.2, -0.15) is 0 Å². The van der Waals surface area contributed by atoms with Gasteiger partial charge in [0, 0.05) is 25.3 Å². The molecule has 1 fully saturated rings. The minimum atomic E-state index is -0.239. The van der Waals surface area contributed by atoms with Crippen molar-refractivity contribution in [3.63, 3.8) is 0 Å². The molecule has 30 heavy (non-hydrogen) atoms. The molecule has 1 aromatic carbocycles. The number of benzene rings is 1. The van der Waals surface area contributed by atoms with E-state index in [2.05, 4.69) is 4.98 Å². The van der Waals surface area contributed by atoms with Crippen LogP contribution in [0.3, 0.4) is 0 Å². The molecule has 1 unspecified atom stereocenters. The Morgan fingerprint density at radius 1 is 1.30 bits per heavy atom. The zero-order valence-electron chi connectivity index (χ0n) is 16.9. The highest BCUT2D eigenvalue weighted by atomic mass is 32.1. The van der Waals surface area contributed by atoms with E-state index >= 15 is 0 Å². The van der Waals surface area contributed by atoms with Gasteiger partial charge in [-0.3, -0.25) is 14.2 Å². The van der Waals surface area contributed by atoms with Crippen LogP contribution >= 0.6 is 11.3 Å². The van der Waals surface area contributed by atoms with Gasteiger partial charge in [-0.05, 0) is 37.8 Å². The van der Waals surface area contributed by atoms with E-state index in [1.165, 1.54) is 22.0 Å². The number of thiazole rings is 1. The molecule has 3 aromatic rings. The summed E-state index contributed by atoms with van der Waals surface area (Å²) in [4.78, 5) is 30.3. The van der Waals surface area contributed by atoms with E-state index in [1.807, 2.05) is 30.3 Å². The van der Waals surface area contributed by atoms with Gasteiger partial charge in [0.15, 0.2) is 10.9 Å². The van der Waals surface area contributed by atoms with E-state index in [9.17, 15) is 9.59 Å². The average molecular weight is 425 g/mol. The number of aryl methyl sites for hydroxylation is 2. The van der Waals surface area contributed by atoms with E-state index in [0.29, 0.717) is 40.9 Å². The molecule has 0 bridgehead atoms. The summed E-state index contributed by atoms with van der Waals surface area (Å²) in [5.41, 5.74) is 1.54. The van der Waals surface area contributed by atoms with Gasteiger partial charge in [0.2, 0.25) is 0 Å². The van der Waals surface area contributed by atoms with Crippen molar-refractivity contribution in [2.45, 2.75) is 38.7 Å². The lowest BCUT2D eigenvalue weighted by molar-refractivity contribution is 0.0679. The molecule has 4 rings (SSSR count). The number of carbonyl (C=O) groups is 1. The Morgan fingerprint density at radius 3 is 2.87 bits per heavy atom. The molecule has 0 saturated carbocycles. The van der Waals surface area contributed by atoms with Crippen LogP contribution in [-0.4, -0.2) is 34.7 Å². The minimum Gasteiger partial charge on any atom is -0.491 e. The predicted molar refractivity (Wildman–Crippen MR) is 116 cm³/mol. The topological polar surface area (TPSA) is 70.4 Å². The van der Waals surface area contributed by atoms with Crippen molar-refractivity contribution < 1.29 is 14.3 Å². The van der Waals surface area contributed by atoms with Gasteiger partial charge in [-0.1, -0.05) is 41.7 Å². The average Bonchev–Trinajstić information content (AvgIpc) is 3.41. The second-order valence-electron chi connectivity index (χ2n) is 7.34. The molecular weight excluding hydrogens is 400 g/mol. The maximum Gasteiger partial charge on any atom is 0.260 e. The van der Waals surface area contributed by atoms with E-state index in [4.69, 9.17) is 9.47 Å². The first-order valence-electron chi connectivity index (χ1n) is 10.1. The highest BCUT2D eigenvalue weighted by molar-refractivity contribution is 7.16. The number of hydrogen-bond donors (Lipinski definition) is 0. The fourth-order valence-electron chi connectivity index (χ4n) is 3.43. The quantitative estimate of drug-likeness (QED) is 0.512. The minimum absolute atomic E-state index is 0.0460. The molecule has 1 saturated heterocycles. The van der Waals surface area contributed by atoms with Crippen molar-refractivity contribution in [3.05, 3.63) is 75.1 Å². The molecule has 0 spiro atoms. The highest BCUT2D eigenvalue weighted by Gasteiger charge is 2.18. The molecule has 6 nitrogen and oxygen atoms in total. The third kappa shape index (κ3) is 4.86. The van der Waals surface area contributed by atoms with Crippen molar-refractivity contribution >= 4 is 17.1 Å². The third-order valence-electron chi connectivity index (χ3n) is 5.08. The third-order valence-corrected chi connectivity index (χ3v) is 6.28. The standard InChI is InChI=1S/C23H24N2O4S/c1-16-22(20(26)10-9-17-6-3-2-4-7-17)30-23(24-16)25-12-11-18(14-21(25)27)29-15-19-8-5-13-28-19/h2-4,6-7,11-12,14,19H,5,8-10,13,15H2,1H3. The van der Waals surface area contributed by atoms with Crippen molar-refractivity contribution in [1.82, 2.24) is 9.55 Å². The van der Waals surface area contributed by atoms with E-state index in [0.717, 1.165) is 25.0 Å². The number of carbonyl (C=O) groups excluding carboxylic acids is 1. The normalized spacial score (nSPS) is 16.0. The van der Waals surface area contributed by atoms with Crippen LogP contribution in [0.1, 0.15) is 40.2 Å². The molecule has 1 atom stereocenters.